The van der Waals surface area contributed by atoms with Crippen LogP contribution in [0.2, 0.25) is 0 Å². The van der Waals surface area contributed by atoms with E-state index in [9.17, 15) is 14.7 Å². The van der Waals surface area contributed by atoms with Gasteiger partial charge in [0.1, 0.15) is 29.0 Å². The quantitative estimate of drug-likeness (QED) is 0.270. The molecule has 0 aliphatic carbocycles. The number of hydrogen-bond donors (Lipinski definition) is 2. The van der Waals surface area contributed by atoms with Gasteiger partial charge in [-0.15, -0.1) is 0 Å². The van der Waals surface area contributed by atoms with E-state index in [2.05, 4.69) is 10.2 Å². The minimum absolute atomic E-state index is 0.130. The molecule has 0 radical (unpaired) electrons. The second-order valence-electron chi connectivity index (χ2n) is 10.2. The number of hydrogen-bond acceptors (Lipinski definition) is 7. The molecule has 2 heterocycles. The van der Waals surface area contributed by atoms with Crippen LogP contribution in [0.4, 0.5) is 17.3 Å². The Bertz CT molecular complexity index is 1520. The lowest BCUT2D eigenvalue weighted by atomic mass is 10.1. The summed E-state index contributed by atoms with van der Waals surface area (Å²) in [6.45, 7) is 1.71. The number of benzene rings is 3. The summed E-state index contributed by atoms with van der Waals surface area (Å²) in [6.07, 6.45) is 2.46. The zero-order chi connectivity index (χ0) is 28.8. The molecule has 210 valence electrons. The number of anilines is 3. The molecule has 1 aromatic heterocycles. The highest BCUT2D eigenvalue weighted by Gasteiger charge is 2.24. The van der Waals surface area contributed by atoms with Crippen LogP contribution in [0.3, 0.4) is 0 Å². The maximum absolute atomic E-state index is 12.9. The van der Waals surface area contributed by atoms with Crippen molar-refractivity contribution in [2.45, 2.75) is 25.7 Å². The summed E-state index contributed by atoms with van der Waals surface area (Å²) in [5, 5.41) is 12.5. The second kappa shape index (κ2) is 12.5. The summed E-state index contributed by atoms with van der Waals surface area (Å²) < 4.78 is 5.85. The van der Waals surface area contributed by atoms with Gasteiger partial charge in [-0.05, 0) is 60.9 Å². The van der Waals surface area contributed by atoms with E-state index in [4.69, 9.17) is 14.7 Å². The molecular weight excluding hydrogens is 518 g/mol. The molecule has 0 unspecified atom stereocenters. The van der Waals surface area contributed by atoms with Crippen LogP contribution in [0, 0.1) is 0 Å². The van der Waals surface area contributed by atoms with Gasteiger partial charge >= 0.3 is 5.97 Å². The van der Waals surface area contributed by atoms with Gasteiger partial charge in [-0.2, -0.15) is 0 Å². The van der Waals surface area contributed by atoms with E-state index >= 15 is 0 Å². The SMILES string of the molecule is CN(C)c1nc(Cc2ccc(NC(=O)c3cccc(Oc4ccccc4)c3)cc2)nc(N2CCCC2)c1CC(=O)O. The Labute approximate surface area is 239 Å². The largest absolute Gasteiger partial charge is 0.481 e. The van der Waals surface area contributed by atoms with Gasteiger partial charge in [-0.25, -0.2) is 9.97 Å². The Morgan fingerprint density at radius 1 is 0.927 bits per heavy atom. The fourth-order valence-corrected chi connectivity index (χ4v) is 4.87. The number of para-hydroxylation sites is 1. The molecule has 0 spiro atoms. The van der Waals surface area contributed by atoms with Crippen molar-refractivity contribution in [3.8, 4) is 11.5 Å². The lowest BCUT2D eigenvalue weighted by Crippen LogP contribution is -2.26. The summed E-state index contributed by atoms with van der Waals surface area (Å²) in [5.41, 5.74) is 2.77. The van der Waals surface area contributed by atoms with Crippen molar-refractivity contribution in [2.24, 2.45) is 0 Å². The predicted octanol–water partition coefficient (Wildman–Crippen LogP) is 5.41. The van der Waals surface area contributed by atoms with Gasteiger partial charge in [0.25, 0.3) is 5.91 Å². The van der Waals surface area contributed by atoms with Crippen LogP contribution in [0.1, 0.15) is 40.2 Å². The Morgan fingerprint density at radius 3 is 2.32 bits per heavy atom. The summed E-state index contributed by atoms with van der Waals surface area (Å²) in [7, 11) is 3.73. The van der Waals surface area contributed by atoms with Crippen molar-refractivity contribution in [3.05, 3.63) is 101 Å². The maximum Gasteiger partial charge on any atom is 0.308 e. The second-order valence-corrected chi connectivity index (χ2v) is 10.2. The standard InChI is InChI=1S/C32H33N5O4/c1-36(2)30-27(21-29(38)39)31(37-17-6-7-18-37)35-28(34-30)19-22-13-15-24(16-14-22)33-32(40)23-9-8-12-26(20-23)41-25-10-4-3-5-11-25/h3-5,8-16,20H,6-7,17-19,21H2,1-2H3,(H,33,40)(H,38,39). The van der Waals surface area contributed by atoms with Gasteiger partial charge in [-0.3, -0.25) is 9.59 Å². The normalized spacial score (nSPS) is 12.7. The minimum atomic E-state index is -0.905. The van der Waals surface area contributed by atoms with Crippen molar-refractivity contribution in [2.75, 3.05) is 42.3 Å². The first-order valence-electron chi connectivity index (χ1n) is 13.6. The summed E-state index contributed by atoms with van der Waals surface area (Å²) in [5.74, 6) is 2.10. The molecule has 0 bridgehead atoms. The molecule has 1 fully saturated rings. The van der Waals surface area contributed by atoms with Gasteiger partial charge < -0.3 is 25.0 Å². The predicted molar refractivity (Wildman–Crippen MR) is 159 cm³/mol. The Morgan fingerprint density at radius 2 is 1.63 bits per heavy atom. The number of nitrogens with zero attached hydrogens (tertiary/aromatic N) is 4. The Balaban J connectivity index is 1.30. The first-order valence-corrected chi connectivity index (χ1v) is 13.6. The smallest absolute Gasteiger partial charge is 0.308 e. The first kappa shape index (κ1) is 27.6. The lowest BCUT2D eigenvalue weighted by Gasteiger charge is -2.24. The molecule has 1 amide bonds. The zero-order valence-electron chi connectivity index (χ0n) is 23.2. The van der Waals surface area contributed by atoms with E-state index in [1.807, 2.05) is 79.7 Å². The van der Waals surface area contributed by atoms with E-state index in [-0.39, 0.29) is 12.3 Å². The van der Waals surface area contributed by atoms with Crippen LogP contribution in [-0.2, 0) is 17.6 Å². The average Bonchev–Trinajstić information content (AvgIpc) is 3.50. The van der Waals surface area contributed by atoms with Crippen LogP contribution < -0.4 is 19.9 Å². The summed E-state index contributed by atoms with van der Waals surface area (Å²) in [4.78, 5) is 38.2. The van der Waals surface area contributed by atoms with Crippen LogP contribution in [-0.4, -0.2) is 54.1 Å². The third-order valence-corrected chi connectivity index (χ3v) is 6.82. The van der Waals surface area contributed by atoms with Crippen molar-refractivity contribution in [1.82, 2.24) is 9.97 Å². The van der Waals surface area contributed by atoms with Crippen LogP contribution in [0.15, 0.2) is 78.9 Å². The highest BCUT2D eigenvalue weighted by molar-refractivity contribution is 6.04. The van der Waals surface area contributed by atoms with E-state index in [0.717, 1.165) is 31.5 Å². The molecular formula is C32H33N5O4. The van der Waals surface area contributed by atoms with E-state index in [0.29, 0.717) is 52.2 Å². The molecule has 1 saturated heterocycles. The summed E-state index contributed by atoms with van der Waals surface area (Å²) in [6, 6.07) is 24.0. The van der Waals surface area contributed by atoms with Gasteiger partial charge in [0.15, 0.2) is 0 Å². The topological polar surface area (TPSA) is 108 Å². The number of nitrogens with one attached hydrogen (secondary N) is 1. The van der Waals surface area contributed by atoms with E-state index < -0.39 is 5.97 Å². The lowest BCUT2D eigenvalue weighted by molar-refractivity contribution is -0.136. The molecule has 1 aliphatic heterocycles. The van der Waals surface area contributed by atoms with Crippen LogP contribution in [0.25, 0.3) is 0 Å². The van der Waals surface area contributed by atoms with Gasteiger partial charge in [-0.1, -0.05) is 36.4 Å². The monoisotopic (exact) mass is 551 g/mol. The zero-order valence-corrected chi connectivity index (χ0v) is 23.2. The van der Waals surface area contributed by atoms with Gasteiger partial charge in [0, 0.05) is 50.4 Å². The number of aliphatic carboxylic acids is 1. The molecule has 3 aromatic carbocycles. The molecule has 2 N–H and O–H groups in total. The average molecular weight is 552 g/mol. The number of carbonyl (C=O) groups is 2. The molecule has 4 aromatic rings. The summed E-state index contributed by atoms with van der Waals surface area (Å²) >= 11 is 0. The molecule has 41 heavy (non-hydrogen) atoms. The Hall–Kier alpha value is -4.92. The third kappa shape index (κ3) is 7.00. The van der Waals surface area contributed by atoms with Crippen LogP contribution in [0.5, 0.6) is 11.5 Å². The fourth-order valence-electron chi connectivity index (χ4n) is 4.87. The molecule has 5 rings (SSSR count). The number of carboxylic acid groups (broad SMARTS) is 1. The number of carboxylic acids is 1. The highest BCUT2D eigenvalue weighted by atomic mass is 16.5. The molecule has 0 saturated carbocycles. The van der Waals surface area contributed by atoms with E-state index in [1.54, 1.807) is 18.2 Å². The first-order chi connectivity index (χ1) is 19.9. The molecule has 9 nitrogen and oxygen atoms in total. The number of carbonyl (C=O) groups excluding carboxylic acids is 1. The Kier molecular flexibility index (Phi) is 8.43. The fraction of sp³-hybridized carbons (Fsp3) is 0.250. The minimum Gasteiger partial charge on any atom is -0.481 e. The highest BCUT2D eigenvalue weighted by Crippen LogP contribution is 2.30. The van der Waals surface area contributed by atoms with Gasteiger partial charge in [0.2, 0.25) is 0 Å². The molecule has 1 aliphatic rings. The number of ether oxygens (including phenoxy) is 1. The molecule has 0 atom stereocenters. The van der Waals surface area contributed by atoms with E-state index in [1.165, 1.54) is 0 Å². The van der Waals surface area contributed by atoms with Crippen LogP contribution >= 0.6 is 0 Å². The number of amides is 1. The van der Waals surface area contributed by atoms with Crippen molar-refractivity contribution < 1.29 is 19.4 Å². The number of rotatable bonds is 10. The van der Waals surface area contributed by atoms with Crippen molar-refractivity contribution in [3.63, 3.8) is 0 Å². The maximum atomic E-state index is 12.9. The van der Waals surface area contributed by atoms with Crippen molar-refractivity contribution in [1.29, 1.82) is 0 Å². The number of aromatic nitrogens is 2. The molecule has 9 heteroatoms. The van der Waals surface area contributed by atoms with Gasteiger partial charge in [0.05, 0.1) is 6.42 Å². The third-order valence-electron chi connectivity index (χ3n) is 6.82. The van der Waals surface area contributed by atoms with Crippen molar-refractivity contribution >= 4 is 29.2 Å².